The molecule has 1 aliphatic heterocycles. The van der Waals surface area contributed by atoms with Gasteiger partial charge in [0.1, 0.15) is 0 Å². The van der Waals surface area contributed by atoms with E-state index in [1.807, 2.05) is 12.1 Å². The molecule has 2 heterocycles. The van der Waals surface area contributed by atoms with E-state index < -0.39 is 0 Å². The summed E-state index contributed by atoms with van der Waals surface area (Å²) in [5.74, 6) is 1.40. The van der Waals surface area contributed by atoms with Crippen molar-refractivity contribution in [3.05, 3.63) is 71.9 Å². The van der Waals surface area contributed by atoms with Crippen LogP contribution in [-0.4, -0.2) is 46.3 Å². The van der Waals surface area contributed by atoms with E-state index in [-0.39, 0.29) is 0 Å². The Morgan fingerprint density at radius 1 is 0.926 bits per heavy atom. The fraction of sp³-hybridized carbons (Fsp3) is 0.286. The fourth-order valence-electron chi connectivity index (χ4n) is 3.24. The van der Waals surface area contributed by atoms with Crippen LogP contribution in [0.3, 0.4) is 0 Å². The molecule has 0 atom stereocenters. The molecule has 0 spiro atoms. The average molecular weight is 360 g/mol. The van der Waals surface area contributed by atoms with Gasteiger partial charge in [0.25, 0.3) is 0 Å². The van der Waals surface area contributed by atoms with E-state index in [0.29, 0.717) is 5.95 Å². The summed E-state index contributed by atoms with van der Waals surface area (Å²) >= 11 is 0. The monoisotopic (exact) mass is 360 g/mol. The van der Waals surface area contributed by atoms with Gasteiger partial charge in [0.05, 0.1) is 6.20 Å². The van der Waals surface area contributed by atoms with Crippen molar-refractivity contribution in [1.82, 2.24) is 20.1 Å². The predicted molar refractivity (Wildman–Crippen MR) is 108 cm³/mol. The number of anilines is 3. The summed E-state index contributed by atoms with van der Waals surface area (Å²) < 4.78 is 0. The van der Waals surface area contributed by atoms with Gasteiger partial charge >= 0.3 is 0 Å². The molecule has 0 unspecified atom stereocenters. The standard InChI is InChI=1S/C21H24N6/c1-17-7-9-19(10-8-17)23-21-24-20(15-22-25-21)27-13-11-26(12-14-27)16-18-5-3-2-4-6-18/h2-10,15H,11-14,16H2,1H3,(H,23,24,25). The molecule has 4 rings (SSSR count). The third-order valence-corrected chi connectivity index (χ3v) is 4.80. The highest BCUT2D eigenvalue weighted by Crippen LogP contribution is 2.18. The van der Waals surface area contributed by atoms with Gasteiger partial charge in [0, 0.05) is 38.4 Å². The van der Waals surface area contributed by atoms with Crippen molar-refractivity contribution in [1.29, 1.82) is 0 Å². The van der Waals surface area contributed by atoms with Crippen LogP contribution < -0.4 is 10.2 Å². The average Bonchev–Trinajstić information content (AvgIpc) is 2.71. The number of nitrogens with one attached hydrogen (secondary N) is 1. The van der Waals surface area contributed by atoms with Crippen LogP contribution in [0.25, 0.3) is 0 Å². The first kappa shape index (κ1) is 17.4. The molecule has 6 nitrogen and oxygen atoms in total. The van der Waals surface area contributed by atoms with Gasteiger partial charge < -0.3 is 10.2 Å². The van der Waals surface area contributed by atoms with Crippen molar-refractivity contribution in [3.63, 3.8) is 0 Å². The van der Waals surface area contributed by atoms with Crippen molar-refractivity contribution >= 4 is 17.5 Å². The molecule has 27 heavy (non-hydrogen) atoms. The van der Waals surface area contributed by atoms with E-state index in [9.17, 15) is 0 Å². The Morgan fingerprint density at radius 3 is 2.41 bits per heavy atom. The lowest BCUT2D eigenvalue weighted by molar-refractivity contribution is 0.249. The molecular formula is C21H24N6. The molecule has 0 radical (unpaired) electrons. The first-order valence-electron chi connectivity index (χ1n) is 9.31. The summed E-state index contributed by atoms with van der Waals surface area (Å²) in [5, 5.41) is 11.5. The van der Waals surface area contributed by atoms with Crippen LogP contribution in [0.5, 0.6) is 0 Å². The van der Waals surface area contributed by atoms with Gasteiger partial charge in [0.2, 0.25) is 5.95 Å². The Hall–Kier alpha value is -2.99. The Balaban J connectivity index is 1.36. The summed E-state index contributed by atoms with van der Waals surface area (Å²) in [4.78, 5) is 9.40. The maximum absolute atomic E-state index is 4.65. The van der Waals surface area contributed by atoms with Gasteiger partial charge in [-0.25, -0.2) is 0 Å². The van der Waals surface area contributed by atoms with E-state index in [1.165, 1.54) is 11.1 Å². The number of hydrogen-bond acceptors (Lipinski definition) is 6. The summed E-state index contributed by atoms with van der Waals surface area (Å²) in [6, 6.07) is 18.8. The third kappa shape index (κ3) is 4.60. The molecule has 0 aliphatic carbocycles. The number of rotatable bonds is 5. The molecule has 138 valence electrons. The number of piperazine rings is 1. The minimum Gasteiger partial charge on any atom is -0.353 e. The van der Waals surface area contributed by atoms with Gasteiger partial charge in [-0.05, 0) is 24.6 Å². The van der Waals surface area contributed by atoms with Gasteiger partial charge in [0.15, 0.2) is 5.82 Å². The molecule has 1 N–H and O–H groups in total. The SMILES string of the molecule is Cc1ccc(Nc2nncc(N3CCN(Cc4ccccc4)CC3)n2)cc1. The number of nitrogens with zero attached hydrogens (tertiary/aromatic N) is 5. The smallest absolute Gasteiger partial charge is 0.249 e. The van der Waals surface area contributed by atoms with E-state index in [0.717, 1.165) is 44.2 Å². The second-order valence-electron chi connectivity index (χ2n) is 6.88. The van der Waals surface area contributed by atoms with Crippen molar-refractivity contribution < 1.29 is 0 Å². The van der Waals surface area contributed by atoms with E-state index in [1.54, 1.807) is 6.20 Å². The van der Waals surface area contributed by atoms with Crippen molar-refractivity contribution in [2.45, 2.75) is 13.5 Å². The van der Waals surface area contributed by atoms with Crippen LogP contribution >= 0.6 is 0 Å². The second kappa shape index (κ2) is 8.14. The van der Waals surface area contributed by atoms with Crippen LogP contribution in [0.4, 0.5) is 17.5 Å². The highest BCUT2D eigenvalue weighted by molar-refractivity contribution is 5.54. The zero-order chi connectivity index (χ0) is 18.5. The van der Waals surface area contributed by atoms with E-state index >= 15 is 0 Å². The first-order chi connectivity index (χ1) is 13.3. The molecule has 0 bridgehead atoms. The fourth-order valence-corrected chi connectivity index (χ4v) is 3.24. The van der Waals surface area contributed by atoms with Crippen LogP contribution in [0.15, 0.2) is 60.8 Å². The summed E-state index contributed by atoms with van der Waals surface area (Å²) in [7, 11) is 0. The first-order valence-corrected chi connectivity index (χ1v) is 9.31. The molecule has 1 fully saturated rings. The zero-order valence-electron chi connectivity index (χ0n) is 15.5. The zero-order valence-corrected chi connectivity index (χ0v) is 15.5. The Kier molecular flexibility index (Phi) is 5.25. The van der Waals surface area contributed by atoms with Gasteiger partial charge in [-0.3, -0.25) is 4.90 Å². The molecule has 1 saturated heterocycles. The molecule has 2 aromatic carbocycles. The van der Waals surface area contributed by atoms with Crippen LogP contribution in [0, 0.1) is 6.92 Å². The summed E-state index contributed by atoms with van der Waals surface area (Å²) in [6.45, 7) is 6.97. The highest BCUT2D eigenvalue weighted by atomic mass is 15.3. The van der Waals surface area contributed by atoms with Gasteiger partial charge in [-0.15, -0.1) is 5.10 Å². The minimum atomic E-state index is 0.531. The molecular weight excluding hydrogens is 336 g/mol. The van der Waals surface area contributed by atoms with Crippen LogP contribution in [0.1, 0.15) is 11.1 Å². The number of aromatic nitrogens is 3. The van der Waals surface area contributed by atoms with Crippen molar-refractivity contribution in [3.8, 4) is 0 Å². The third-order valence-electron chi connectivity index (χ3n) is 4.80. The number of aryl methyl sites for hydroxylation is 1. The Morgan fingerprint density at radius 2 is 1.67 bits per heavy atom. The normalized spacial score (nSPS) is 14.9. The maximum Gasteiger partial charge on any atom is 0.249 e. The van der Waals surface area contributed by atoms with Crippen molar-refractivity contribution in [2.24, 2.45) is 0 Å². The quantitative estimate of drug-likeness (QED) is 0.754. The second-order valence-corrected chi connectivity index (χ2v) is 6.88. The molecule has 6 heteroatoms. The van der Waals surface area contributed by atoms with Crippen molar-refractivity contribution in [2.75, 3.05) is 36.4 Å². The van der Waals surface area contributed by atoms with Crippen LogP contribution in [0.2, 0.25) is 0 Å². The Bertz CT molecular complexity index is 857. The lowest BCUT2D eigenvalue weighted by atomic mass is 10.2. The molecule has 3 aromatic rings. The highest BCUT2D eigenvalue weighted by Gasteiger charge is 2.19. The van der Waals surface area contributed by atoms with Gasteiger partial charge in [-0.1, -0.05) is 48.0 Å². The molecule has 0 amide bonds. The Labute approximate surface area is 159 Å². The number of benzene rings is 2. The summed E-state index contributed by atoms with van der Waals surface area (Å²) in [5.41, 5.74) is 3.55. The minimum absolute atomic E-state index is 0.531. The topological polar surface area (TPSA) is 57.2 Å². The number of hydrogen-bond donors (Lipinski definition) is 1. The predicted octanol–water partition coefficient (Wildman–Crippen LogP) is 3.25. The van der Waals surface area contributed by atoms with Gasteiger partial charge in [-0.2, -0.15) is 10.1 Å². The largest absolute Gasteiger partial charge is 0.353 e. The molecule has 0 saturated carbocycles. The molecule has 1 aliphatic rings. The molecule has 1 aromatic heterocycles. The lowest BCUT2D eigenvalue weighted by Crippen LogP contribution is -2.46. The summed E-state index contributed by atoms with van der Waals surface area (Å²) in [6.07, 6.45) is 1.74. The van der Waals surface area contributed by atoms with E-state index in [2.05, 4.69) is 79.7 Å². The van der Waals surface area contributed by atoms with Crippen LogP contribution in [-0.2, 0) is 6.54 Å². The maximum atomic E-state index is 4.65. The van der Waals surface area contributed by atoms with E-state index in [4.69, 9.17) is 0 Å². The lowest BCUT2D eigenvalue weighted by Gasteiger charge is -2.35.